The Labute approximate surface area is 229 Å². The molecule has 0 radical (unpaired) electrons. The van der Waals surface area contributed by atoms with Gasteiger partial charge < -0.3 is 36.4 Å². The van der Waals surface area contributed by atoms with Gasteiger partial charge in [-0.05, 0) is 24.0 Å². The Hall–Kier alpha value is -4.12. The Morgan fingerprint density at radius 3 is 2.18 bits per heavy atom. The maximum atomic E-state index is 13.2. The van der Waals surface area contributed by atoms with Gasteiger partial charge in [0.1, 0.15) is 12.6 Å². The summed E-state index contributed by atoms with van der Waals surface area (Å²) in [6.07, 6.45) is -0.533. The highest BCUT2D eigenvalue weighted by molar-refractivity contribution is 5.90. The number of carbonyl (C=O) groups excluding carboxylic acids is 4. The molecule has 5 amide bonds. The minimum Gasteiger partial charge on any atom is -0.445 e. The molecule has 2 aromatic carbocycles. The summed E-state index contributed by atoms with van der Waals surface area (Å²) in [6, 6.07) is 15.6. The Balaban J connectivity index is 2.09. The number of ether oxygens (including phenoxy) is 1. The van der Waals surface area contributed by atoms with Crippen LogP contribution in [0.4, 0.5) is 9.59 Å². The Morgan fingerprint density at radius 1 is 0.974 bits per heavy atom. The number of carbonyl (C=O) groups is 4. The predicted molar refractivity (Wildman–Crippen MR) is 146 cm³/mol. The van der Waals surface area contributed by atoms with Crippen LogP contribution in [0.3, 0.4) is 0 Å². The van der Waals surface area contributed by atoms with E-state index in [1.807, 2.05) is 43.3 Å². The minimum atomic E-state index is -1.33. The summed E-state index contributed by atoms with van der Waals surface area (Å²) in [7, 11) is 1.55. The van der Waals surface area contributed by atoms with Gasteiger partial charge in [0.25, 0.3) is 0 Å². The lowest BCUT2D eigenvalue weighted by Gasteiger charge is -2.29. The van der Waals surface area contributed by atoms with Crippen LogP contribution < -0.4 is 21.7 Å². The van der Waals surface area contributed by atoms with Crippen LogP contribution in [0, 0.1) is 0 Å². The highest BCUT2D eigenvalue weighted by atomic mass is 16.5. The van der Waals surface area contributed by atoms with E-state index in [4.69, 9.17) is 10.5 Å². The van der Waals surface area contributed by atoms with E-state index >= 15 is 0 Å². The Kier molecular flexibility index (Phi) is 13.3. The average Bonchev–Trinajstić information content (AvgIpc) is 2.92. The second kappa shape index (κ2) is 16.7. The zero-order valence-electron chi connectivity index (χ0n) is 22.5. The lowest BCUT2D eigenvalue weighted by molar-refractivity contribution is -0.128. The number of urea groups is 1. The molecule has 0 aliphatic heterocycles. The largest absolute Gasteiger partial charge is 0.445 e. The van der Waals surface area contributed by atoms with Crippen molar-refractivity contribution in [2.75, 3.05) is 20.1 Å². The smallest absolute Gasteiger partial charge is 0.408 e. The molecule has 0 aliphatic carbocycles. The van der Waals surface area contributed by atoms with Gasteiger partial charge in [0, 0.05) is 13.6 Å². The zero-order chi connectivity index (χ0) is 28.6. The fourth-order valence-corrected chi connectivity index (χ4v) is 3.75. The topological polar surface area (TPSA) is 163 Å². The first-order chi connectivity index (χ1) is 18.7. The first kappa shape index (κ1) is 31.1. The maximum Gasteiger partial charge on any atom is 0.408 e. The van der Waals surface area contributed by atoms with Crippen LogP contribution in [0.5, 0.6) is 0 Å². The molecule has 11 nitrogen and oxygen atoms in total. The van der Waals surface area contributed by atoms with Gasteiger partial charge in [-0.15, -0.1) is 0 Å². The average molecular weight is 542 g/mol. The van der Waals surface area contributed by atoms with Crippen LogP contribution >= 0.6 is 0 Å². The molecule has 3 atom stereocenters. The molecule has 0 saturated carbocycles. The molecular formula is C28H39N5O6. The SMILES string of the molecule is CCCCNC(=O)N(C)C[C@@H](O)[C@H](Cc1ccccc1)NC(=O)[C@H](CC(N)=O)NC(=O)OCc1ccccc1. The van der Waals surface area contributed by atoms with Gasteiger partial charge in [0.2, 0.25) is 11.8 Å². The second-order valence-electron chi connectivity index (χ2n) is 9.27. The Morgan fingerprint density at radius 2 is 1.59 bits per heavy atom. The minimum absolute atomic E-state index is 0.0282. The fourth-order valence-electron chi connectivity index (χ4n) is 3.75. The van der Waals surface area contributed by atoms with E-state index in [1.165, 1.54) is 4.90 Å². The number of hydrogen-bond donors (Lipinski definition) is 5. The fraction of sp³-hybridized carbons (Fsp3) is 0.429. The summed E-state index contributed by atoms with van der Waals surface area (Å²) in [6.45, 7) is 2.43. The molecule has 0 unspecified atom stereocenters. The van der Waals surface area contributed by atoms with Crippen LogP contribution in [-0.2, 0) is 27.4 Å². The van der Waals surface area contributed by atoms with Gasteiger partial charge in [-0.2, -0.15) is 0 Å². The van der Waals surface area contributed by atoms with Crippen LogP contribution in [0.1, 0.15) is 37.3 Å². The van der Waals surface area contributed by atoms with Crippen molar-refractivity contribution in [3.8, 4) is 0 Å². The van der Waals surface area contributed by atoms with Crippen molar-refractivity contribution in [1.29, 1.82) is 0 Å². The standard InChI is InChI=1S/C28H39N5O6/c1-3-4-15-30-27(37)33(2)18-24(34)22(16-20-11-7-5-8-12-20)31-26(36)23(17-25(29)35)32-28(38)39-19-21-13-9-6-10-14-21/h5-14,22-24,34H,3-4,15-19H2,1-2H3,(H2,29,35)(H,30,37)(H,31,36)(H,32,38)/t22-,23-,24+/m0/s1. The first-order valence-corrected chi connectivity index (χ1v) is 13.0. The molecule has 0 aromatic heterocycles. The number of nitrogens with one attached hydrogen (secondary N) is 3. The third kappa shape index (κ3) is 11.9. The third-order valence-electron chi connectivity index (χ3n) is 5.93. The monoisotopic (exact) mass is 541 g/mol. The maximum absolute atomic E-state index is 13.2. The molecule has 0 saturated heterocycles. The summed E-state index contributed by atoms with van der Waals surface area (Å²) in [4.78, 5) is 51.0. The number of primary amides is 1. The first-order valence-electron chi connectivity index (χ1n) is 13.0. The van der Waals surface area contributed by atoms with E-state index in [-0.39, 0.29) is 25.6 Å². The van der Waals surface area contributed by atoms with Gasteiger partial charge in [-0.3, -0.25) is 9.59 Å². The van der Waals surface area contributed by atoms with E-state index in [9.17, 15) is 24.3 Å². The third-order valence-corrected chi connectivity index (χ3v) is 5.93. The number of aliphatic hydroxyl groups excluding tert-OH is 1. The van der Waals surface area contributed by atoms with E-state index in [0.717, 1.165) is 24.0 Å². The molecule has 11 heteroatoms. The van der Waals surface area contributed by atoms with Crippen LogP contribution in [0.15, 0.2) is 60.7 Å². The predicted octanol–water partition coefficient (Wildman–Crippen LogP) is 1.69. The molecular weight excluding hydrogens is 502 g/mol. The number of unbranched alkanes of at least 4 members (excludes halogenated alkanes) is 1. The summed E-state index contributed by atoms with van der Waals surface area (Å²) in [5.41, 5.74) is 6.90. The summed E-state index contributed by atoms with van der Waals surface area (Å²) >= 11 is 0. The highest BCUT2D eigenvalue weighted by Crippen LogP contribution is 2.09. The van der Waals surface area contributed by atoms with E-state index in [2.05, 4.69) is 16.0 Å². The van der Waals surface area contributed by atoms with Crippen LogP contribution in [-0.4, -0.2) is 72.3 Å². The molecule has 0 spiro atoms. The molecule has 2 rings (SSSR count). The van der Waals surface area contributed by atoms with Crippen molar-refractivity contribution in [2.45, 2.75) is 57.4 Å². The molecule has 39 heavy (non-hydrogen) atoms. The quantitative estimate of drug-likeness (QED) is 0.215. The molecule has 0 bridgehead atoms. The molecule has 212 valence electrons. The number of amides is 5. The number of alkyl carbamates (subject to hydrolysis) is 1. The van der Waals surface area contributed by atoms with Crippen molar-refractivity contribution < 1.29 is 29.0 Å². The Bertz CT molecular complexity index is 1050. The number of likely N-dealkylation sites (N-methyl/N-ethyl adjacent to an activating group) is 1. The molecule has 0 aliphatic rings. The lowest BCUT2D eigenvalue weighted by Crippen LogP contribution is -2.56. The summed E-state index contributed by atoms with van der Waals surface area (Å²) in [5.74, 6) is -1.53. The molecule has 0 heterocycles. The molecule has 0 fully saturated rings. The van der Waals surface area contributed by atoms with Gasteiger partial charge in [0.15, 0.2) is 0 Å². The van der Waals surface area contributed by atoms with Crippen molar-refractivity contribution in [3.05, 3.63) is 71.8 Å². The second-order valence-corrected chi connectivity index (χ2v) is 9.27. The summed E-state index contributed by atoms with van der Waals surface area (Å²) in [5, 5.41) is 18.9. The van der Waals surface area contributed by atoms with Crippen LogP contribution in [0.2, 0.25) is 0 Å². The van der Waals surface area contributed by atoms with E-state index in [0.29, 0.717) is 6.54 Å². The van der Waals surface area contributed by atoms with Gasteiger partial charge in [-0.1, -0.05) is 74.0 Å². The lowest BCUT2D eigenvalue weighted by atomic mass is 10.00. The van der Waals surface area contributed by atoms with Gasteiger partial charge >= 0.3 is 12.1 Å². The van der Waals surface area contributed by atoms with Crippen molar-refractivity contribution >= 4 is 23.9 Å². The summed E-state index contributed by atoms with van der Waals surface area (Å²) < 4.78 is 5.17. The number of nitrogens with zero attached hydrogens (tertiary/aromatic N) is 1. The van der Waals surface area contributed by atoms with E-state index in [1.54, 1.807) is 31.3 Å². The van der Waals surface area contributed by atoms with Crippen molar-refractivity contribution in [2.24, 2.45) is 5.73 Å². The zero-order valence-corrected chi connectivity index (χ0v) is 22.5. The van der Waals surface area contributed by atoms with E-state index < -0.39 is 42.5 Å². The van der Waals surface area contributed by atoms with Gasteiger partial charge in [-0.25, -0.2) is 9.59 Å². The van der Waals surface area contributed by atoms with Crippen LogP contribution in [0.25, 0.3) is 0 Å². The molecule has 2 aromatic rings. The number of aliphatic hydroxyl groups is 1. The highest BCUT2D eigenvalue weighted by Gasteiger charge is 2.30. The number of hydrogen-bond acceptors (Lipinski definition) is 6. The number of benzene rings is 2. The van der Waals surface area contributed by atoms with Crippen molar-refractivity contribution in [3.63, 3.8) is 0 Å². The van der Waals surface area contributed by atoms with Crippen molar-refractivity contribution in [1.82, 2.24) is 20.9 Å². The van der Waals surface area contributed by atoms with Gasteiger partial charge in [0.05, 0.1) is 25.1 Å². The normalized spacial score (nSPS) is 12.9. The number of nitrogens with two attached hydrogens (primary N) is 1. The number of rotatable bonds is 15. The molecule has 6 N–H and O–H groups in total.